The molecule has 1 saturated heterocycles. The van der Waals surface area contributed by atoms with Crippen molar-refractivity contribution in [1.82, 2.24) is 10.2 Å². The van der Waals surface area contributed by atoms with Gasteiger partial charge in [-0.15, -0.1) is 0 Å². The number of hydrogen-bond acceptors (Lipinski definition) is 2. The van der Waals surface area contributed by atoms with Crippen LogP contribution in [-0.4, -0.2) is 28.6 Å². The molecule has 1 amide bonds. The van der Waals surface area contributed by atoms with E-state index in [4.69, 9.17) is 0 Å². The maximum Gasteiger partial charge on any atom is 0.244 e. The summed E-state index contributed by atoms with van der Waals surface area (Å²) in [4.78, 5) is 14.6. The van der Waals surface area contributed by atoms with Gasteiger partial charge in [0.2, 0.25) is 5.91 Å². The fraction of sp³-hybridized carbons (Fsp3) is 0.929. The van der Waals surface area contributed by atoms with Crippen molar-refractivity contribution >= 4 is 5.91 Å². The summed E-state index contributed by atoms with van der Waals surface area (Å²) in [6, 6.07) is 0.370. The standard InChI is InChI=1S/C14H26N2O/c1-5-11(6-2)10(4)16-12(7-3)15-14(8-9-14)13(16)17/h10-12,15H,5-9H2,1-4H3. The van der Waals surface area contributed by atoms with E-state index >= 15 is 0 Å². The first-order valence-corrected chi connectivity index (χ1v) is 7.20. The van der Waals surface area contributed by atoms with E-state index in [0.717, 1.165) is 32.1 Å². The third kappa shape index (κ3) is 1.99. The Hall–Kier alpha value is -0.570. The van der Waals surface area contributed by atoms with E-state index in [-0.39, 0.29) is 11.7 Å². The smallest absolute Gasteiger partial charge is 0.244 e. The predicted octanol–water partition coefficient (Wildman–Crippen LogP) is 2.51. The molecule has 2 fully saturated rings. The van der Waals surface area contributed by atoms with Crippen molar-refractivity contribution in [3.63, 3.8) is 0 Å². The Morgan fingerprint density at radius 3 is 2.35 bits per heavy atom. The van der Waals surface area contributed by atoms with Gasteiger partial charge in [-0.1, -0.05) is 33.6 Å². The molecule has 98 valence electrons. The van der Waals surface area contributed by atoms with Crippen LogP contribution in [0.15, 0.2) is 0 Å². The molecule has 3 heteroatoms. The molecule has 1 aliphatic heterocycles. The maximum atomic E-state index is 12.5. The van der Waals surface area contributed by atoms with Gasteiger partial charge < -0.3 is 4.90 Å². The van der Waals surface area contributed by atoms with Crippen LogP contribution in [0.2, 0.25) is 0 Å². The van der Waals surface area contributed by atoms with Gasteiger partial charge in [0.15, 0.2) is 0 Å². The van der Waals surface area contributed by atoms with Crippen LogP contribution in [0.1, 0.15) is 59.8 Å². The molecule has 17 heavy (non-hydrogen) atoms. The van der Waals surface area contributed by atoms with E-state index in [1.54, 1.807) is 0 Å². The van der Waals surface area contributed by atoms with Crippen molar-refractivity contribution in [3.05, 3.63) is 0 Å². The molecule has 0 bridgehead atoms. The molecule has 1 N–H and O–H groups in total. The largest absolute Gasteiger partial charge is 0.323 e. The lowest BCUT2D eigenvalue weighted by atomic mass is 9.93. The first-order chi connectivity index (χ1) is 8.09. The van der Waals surface area contributed by atoms with Gasteiger partial charge in [-0.2, -0.15) is 0 Å². The number of carbonyl (C=O) groups is 1. The van der Waals surface area contributed by atoms with Crippen molar-refractivity contribution in [3.8, 4) is 0 Å². The van der Waals surface area contributed by atoms with E-state index < -0.39 is 0 Å². The van der Waals surface area contributed by atoms with Crippen LogP contribution in [0.5, 0.6) is 0 Å². The van der Waals surface area contributed by atoms with Crippen molar-refractivity contribution in [1.29, 1.82) is 0 Å². The monoisotopic (exact) mass is 238 g/mol. The lowest BCUT2D eigenvalue weighted by Crippen LogP contribution is -2.46. The summed E-state index contributed by atoms with van der Waals surface area (Å²) < 4.78 is 0. The first-order valence-electron chi connectivity index (χ1n) is 7.20. The number of rotatable bonds is 5. The average molecular weight is 238 g/mol. The summed E-state index contributed by atoms with van der Waals surface area (Å²) in [6.45, 7) is 8.85. The lowest BCUT2D eigenvalue weighted by molar-refractivity contribution is -0.133. The zero-order valence-electron chi connectivity index (χ0n) is 11.6. The molecule has 2 unspecified atom stereocenters. The first kappa shape index (κ1) is 12.9. The molecule has 2 aliphatic rings. The number of hydrogen-bond donors (Lipinski definition) is 1. The van der Waals surface area contributed by atoms with E-state index in [0.29, 0.717) is 17.9 Å². The Bertz CT molecular complexity index is 295. The second-order valence-electron chi connectivity index (χ2n) is 5.68. The maximum absolute atomic E-state index is 12.5. The molecule has 0 radical (unpaired) electrons. The molecular formula is C14H26N2O. The van der Waals surface area contributed by atoms with E-state index in [2.05, 4.69) is 37.9 Å². The fourth-order valence-corrected chi connectivity index (χ4v) is 3.29. The second-order valence-corrected chi connectivity index (χ2v) is 5.68. The van der Waals surface area contributed by atoms with Gasteiger partial charge in [0.05, 0.1) is 11.7 Å². The molecule has 2 atom stereocenters. The number of nitrogens with one attached hydrogen (secondary N) is 1. The molecule has 1 spiro atoms. The lowest BCUT2D eigenvalue weighted by Gasteiger charge is -2.34. The van der Waals surface area contributed by atoms with E-state index in [9.17, 15) is 4.79 Å². The predicted molar refractivity (Wildman–Crippen MR) is 69.6 cm³/mol. The summed E-state index contributed by atoms with van der Waals surface area (Å²) in [5, 5.41) is 3.55. The van der Waals surface area contributed by atoms with Gasteiger partial charge in [-0.25, -0.2) is 0 Å². The minimum Gasteiger partial charge on any atom is -0.323 e. The van der Waals surface area contributed by atoms with Crippen LogP contribution in [0.4, 0.5) is 0 Å². The number of amides is 1. The van der Waals surface area contributed by atoms with Crippen molar-refractivity contribution in [2.24, 2.45) is 5.92 Å². The minimum absolute atomic E-state index is 0.152. The van der Waals surface area contributed by atoms with Crippen LogP contribution in [0, 0.1) is 5.92 Å². The van der Waals surface area contributed by atoms with Gasteiger partial charge in [-0.3, -0.25) is 10.1 Å². The molecule has 2 rings (SSSR count). The Morgan fingerprint density at radius 2 is 1.94 bits per heavy atom. The highest BCUT2D eigenvalue weighted by Gasteiger charge is 2.59. The SMILES string of the molecule is CCC(CC)C(C)N1C(=O)C2(CC2)NC1CC. The molecule has 1 aliphatic carbocycles. The molecular weight excluding hydrogens is 212 g/mol. The zero-order valence-corrected chi connectivity index (χ0v) is 11.6. The summed E-state index contributed by atoms with van der Waals surface area (Å²) in [5.74, 6) is 0.993. The Morgan fingerprint density at radius 1 is 1.35 bits per heavy atom. The summed E-state index contributed by atoms with van der Waals surface area (Å²) in [5.41, 5.74) is -0.152. The Labute approximate surface area is 105 Å². The number of nitrogens with zero attached hydrogens (tertiary/aromatic N) is 1. The van der Waals surface area contributed by atoms with Gasteiger partial charge in [0.1, 0.15) is 0 Å². The van der Waals surface area contributed by atoms with Gasteiger partial charge in [-0.05, 0) is 32.1 Å². The molecule has 0 aromatic rings. The quantitative estimate of drug-likeness (QED) is 0.798. The molecule has 0 aromatic carbocycles. The third-order valence-electron chi connectivity index (χ3n) is 4.73. The summed E-state index contributed by atoms with van der Waals surface area (Å²) >= 11 is 0. The Kier molecular flexibility index (Phi) is 3.48. The van der Waals surface area contributed by atoms with Crippen LogP contribution in [0.3, 0.4) is 0 Å². The molecule has 1 heterocycles. The summed E-state index contributed by atoms with van der Waals surface area (Å²) in [7, 11) is 0. The van der Waals surface area contributed by atoms with Crippen LogP contribution >= 0.6 is 0 Å². The van der Waals surface area contributed by atoms with Crippen LogP contribution < -0.4 is 5.32 Å². The van der Waals surface area contributed by atoms with E-state index in [1.807, 2.05) is 0 Å². The zero-order chi connectivity index (χ0) is 12.6. The van der Waals surface area contributed by atoms with Gasteiger partial charge in [0, 0.05) is 6.04 Å². The highest BCUT2D eigenvalue weighted by molar-refractivity contribution is 5.92. The summed E-state index contributed by atoms with van der Waals surface area (Å²) in [6.07, 6.45) is 5.66. The second kappa shape index (κ2) is 4.60. The highest BCUT2D eigenvalue weighted by atomic mass is 16.2. The third-order valence-corrected chi connectivity index (χ3v) is 4.73. The normalized spacial score (nSPS) is 28.2. The van der Waals surface area contributed by atoms with Gasteiger partial charge in [0.25, 0.3) is 0 Å². The molecule has 1 saturated carbocycles. The number of carbonyl (C=O) groups excluding carboxylic acids is 1. The van der Waals surface area contributed by atoms with E-state index in [1.165, 1.54) is 0 Å². The minimum atomic E-state index is -0.152. The van der Waals surface area contributed by atoms with Crippen molar-refractivity contribution in [2.45, 2.75) is 77.5 Å². The Balaban J connectivity index is 2.14. The topological polar surface area (TPSA) is 32.3 Å². The highest BCUT2D eigenvalue weighted by Crippen LogP contribution is 2.44. The van der Waals surface area contributed by atoms with Crippen molar-refractivity contribution < 1.29 is 4.79 Å². The average Bonchev–Trinajstić information content (AvgIpc) is 3.04. The van der Waals surface area contributed by atoms with Crippen molar-refractivity contribution in [2.75, 3.05) is 0 Å². The van der Waals surface area contributed by atoms with Crippen LogP contribution in [0.25, 0.3) is 0 Å². The van der Waals surface area contributed by atoms with Gasteiger partial charge >= 0.3 is 0 Å². The van der Waals surface area contributed by atoms with Crippen LogP contribution in [-0.2, 0) is 4.79 Å². The molecule has 3 nitrogen and oxygen atoms in total. The molecule has 0 aromatic heterocycles. The fourth-order valence-electron chi connectivity index (χ4n) is 3.29.